The van der Waals surface area contributed by atoms with Gasteiger partial charge in [0.15, 0.2) is 0 Å². The monoisotopic (exact) mass is 461 g/mol. The fourth-order valence-corrected chi connectivity index (χ4v) is 3.99. The smallest absolute Gasteiger partial charge is 0.381 e. The van der Waals surface area contributed by atoms with Gasteiger partial charge in [-0.05, 0) is 50.5 Å². The number of hydrogen-bond acceptors (Lipinski definition) is 6. The lowest BCUT2D eigenvalue weighted by molar-refractivity contribution is -0.137. The molecule has 0 saturated carbocycles. The second-order valence-electron chi connectivity index (χ2n) is 8.30. The van der Waals surface area contributed by atoms with Gasteiger partial charge >= 0.3 is 6.18 Å². The standard InChI is InChI=1S/C23H26F3N5O2/c1-13(15-5-4-6-16(11-15)23(24,25)26)27-20-18-12-19(30-17-7-9-33-10-8-17)22(32)31(3)21(18)29-14(2)28-20/h4-6,11-13,17,30H,7-10H2,1-3H3,(H,27,28,29)/t13-/m1/s1. The minimum atomic E-state index is -4.42. The second kappa shape index (κ2) is 9.01. The third kappa shape index (κ3) is 4.95. The van der Waals surface area contributed by atoms with Gasteiger partial charge in [0.05, 0.1) is 10.9 Å². The Morgan fingerprint density at radius 1 is 1.18 bits per heavy atom. The van der Waals surface area contributed by atoms with Crippen molar-refractivity contribution < 1.29 is 17.9 Å². The summed E-state index contributed by atoms with van der Waals surface area (Å²) in [4.78, 5) is 21.9. The van der Waals surface area contributed by atoms with Gasteiger partial charge in [-0.25, -0.2) is 9.97 Å². The third-order valence-corrected chi connectivity index (χ3v) is 5.83. The molecule has 3 heterocycles. The van der Waals surface area contributed by atoms with Crippen LogP contribution in [0.3, 0.4) is 0 Å². The largest absolute Gasteiger partial charge is 0.416 e. The van der Waals surface area contributed by atoms with E-state index >= 15 is 0 Å². The van der Waals surface area contributed by atoms with Crippen LogP contribution >= 0.6 is 0 Å². The molecule has 0 spiro atoms. The number of rotatable bonds is 5. The Hall–Kier alpha value is -3.14. The molecule has 0 amide bonds. The molecule has 7 nitrogen and oxygen atoms in total. The Kier molecular flexibility index (Phi) is 6.29. The fraction of sp³-hybridized carbons (Fsp3) is 0.435. The van der Waals surface area contributed by atoms with Crippen LogP contribution in [0.15, 0.2) is 35.1 Å². The summed E-state index contributed by atoms with van der Waals surface area (Å²) in [6.45, 7) is 4.74. The summed E-state index contributed by atoms with van der Waals surface area (Å²) >= 11 is 0. The van der Waals surface area contributed by atoms with Crippen molar-refractivity contribution in [2.24, 2.45) is 7.05 Å². The number of halogens is 3. The minimum absolute atomic E-state index is 0.121. The number of aromatic nitrogens is 3. The van der Waals surface area contributed by atoms with E-state index in [1.54, 1.807) is 33.0 Å². The summed E-state index contributed by atoms with van der Waals surface area (Å²) in [5.74, 6) is 0.898. The predicted octanol–water partition coefficient (Wildman–Crippen LogP) is 4.42. The number of benzene rings is 1. The van der Waals surface area contributed by atoms with Crippen molar-refractivity contribution in [3.63, 3.8) is 0 Å². The molecule has 2 N–H and O–H groups in total. The SMILES string of the molecule is Cc1nc(N[C@H](C)c2cccc(C(F)(F)F)c2)c2cc(NC3CCOCC3)c(=O)n(C)c2n1. The quantitative estimate of drug-likeness (QED) is 0.586. The number of hydrogen-bond donors (Lipinski definition) is 2. The molecular weight excluding hydrogens is 435 g/mol. The first kappa shape index (κ1) is 23.0. The normalized spacial score (nSPS) is 16.1. The van der Waals surface area contributed by atoms with Crippen LogP contribution in [0.2, 0.25) is 0 Å². The minimum Gasteiger partial charge on any atom is -0.381 e. The summed E-state index contributed by atoms with van der Waals surface area (Å²) in [5.41, 5.74) is 0.439. The average Bonchev–Trinajstić information content (AvgIpc) is 2.78. The lowest BCUT2D eigenvalue weighted by Crippen LogP contribution is -2.32. The summed E-state index contributed by atoms with van der Waals surface area (Å²) in [7, 11) is 1.65. The summed E-state index contributed by atoms with van der Waals surface area (Å²) < 4.78 is 46.3. The number of ether oxygens (including phenoxy) is 1. The predicted molar refractivity (Wildman–Crippen MR) is 120 cm³/mol. The van der Waals surface area contributed by atoms with Crippen LogP contribution in [0.25, 0.3) is 11.0 Å². The zero-order chi connectivity index (χ0) is 23.8. The van der Waals surface area contributed by atoms with Crippen molar-refractivity contribution in [2.75, 3.05) is 23.8 Å². The number of alkyl halides is 3. The highest BCUT2D eigenvalue weighted by Crippen LogP contribution is 2.32. The zero-order valence-corrected chi connectivity index (χ0v) is 18.7. The first-order chi connectivity index (χ1) is 15.6. The van der Waals surface area contributed by atoms with Crippen molar-refractivity contribution in [3.8, 4) is 0 Å². The molecule has 0 radical (unpaired) electrons. The molecule has 3 aromatic rings. The van der Waals surface area contributed by atoms with Crippen molar-refractivity contribution in [2.45, 2.75) is 44.9 Å². The van der Waals surface area contributed by atoms with E-state index in [2.05, 4.69) is 20.6 Å². The number of aryl methyl sites for hydroxylation is 2. The van der Waals surface area contributed by atoms with Crippen LogP contribution in [-0.2, 0) is 18.0 Å². The van der Waals surface area contributed by atoms with Gasteiger partial charge in [0.1, 0.15) is 23.0 Å². The van der Waals surface area contributed by atoms with Crippen molar-refractivity contribution >= 4 is 22.5 Å². The molecule has 10 heteroatoms. The first-order valence-electron chi connectivity index (χ1n) is 10.8. The highest BCUT2D eigenvalue weighted by molar-refractivity contribution is 5.89. The Bertz CT molecular complexity index is 1220. The summed E-state index contributed by atoms with van der Waals surface area (Å²) in [6.07, 6.45) is -2.83. The van der Waals surface area contributed by atoms with E-state index in [1.807, 2.05) is 0 Å². The van der Waals surface area contributed by atoms with Crippen LogP contribution in [0.5, 0.6) is 0 Å². The molecular formula is C23H26F3N5O2. The maximum Gasteiger partial charge on any atom is 0.416 e. The number of nitrogens with zero attached hydrogens (tertiary/aromatic N) is 3. The van der Waals surface area contributed by atoms with Crippen LogP contribution in [0.4, 0.5) is 24.7 Å². The lowest BCUT2D eigenvalue weighted by atomic mass is 10.0. The van der Waals surface area contributed by atoms with Gasteiger partial charge in [-0.3, -0.25) is 9.36 Å². The van der Waals surface area contributed by atoms with E-state index in [9.17, 15) is 18.0 Å². The topological polar surface area (TPSA) is 81.1 Å². The molecule has 4 rings (SSSR count). The molecule has 1 atom stereocenters. The number of fused-ring (bicyclic) bond motifs is 1. The van der Waals surface area contributed by atoms with Gasteiger partial charge in [0.2, 0.25) is 0 Å². The lowest BCUT2D eigenvalue weighted by Gasteiger charge is -2.24. The van der Waals surface area contributed by atoms with Gasteiger partial charge in [-0.1, -0.05) is 12.1 Å². The van der Waals surface area contributed by atoms with E-state index < -0.39 is 17.8 Å². The third-order valence-electron chi connectivity index (χ3n) is 5.83. The van der Waals surface area contributed by atoms with Gasteiger partial charge in [-0.2, -0.15) is 13.2 Å². The van der Waals surface area contributed by atoms with E-state index in [-0.39, 0.29) is 11.6 Å². The molecule has 0 aliphatic carbocycles. The number of anilines is 2. The molecule has 1 aliphatic rings. The number of pyridine rings is 1. The van der Waals surface area contributed by atoms with E-state index in [0.717, 1.165) is 25.0 Å². The van der Waals surface area contributed by atoms with Crippen molar-refractivity contribution in [1.82, 2.24) is 14.5 Å². The summed E-state index contributed by atoms with van der Waals surface area (Å²) in [6, 6.07) is 6.57. The Labute approximate surface area is 189 Å². The van der Waals surface area contributed by atoms with Gasteiger partial charge in [0.25, 0.3) is 5.56 Å². The maximum atomic E-state index is 13.2. The van der Waals surface area contributed by atoms with Crippen LogP contribution < -0.4 is 16.2 Å². The molecule has 1 aromatic carbocycles. The Morgan fingerprint density at radius 2 is 1.91 bits per heavy atom. The fourth-order valence-electron chi connectivity index (χ4n) is 3.99. The van der Waals surface area contributed by atoms with Gasteiger partial charge < -0.3 is 15.4 Å². The highest BCUT2D eigenvalue weighted by Gasteiger charge is 2.30. The van der Waals surface area contributed by atoms with Crippen LogP contribution in [-0.4, -0.2) is 33.8 Å². The van der Waals surface area contributed by atoms with Crippen molar-refractivity contribution in [1.29, 1.82) is 0 Å². The molecule has 0 unspecified atom stereocenters. The second-order valence-corrected chi connectivity index (χ2v) is 8.30. The molecule has 1 saturated heterocycles. The summed E-state index contributed by atoms with van der Waals surface area (Å²) in [5, 5.41) is 7.14. The molecule has 33 heavy (non-hydrogen) atoms. The Balaban J connectivity index is 1.72. The number of nitrogens with one attached hydrogen (secondary N) is 2. The Morgan fingerprint density at radius 3 is 2.61 bits per heavy atom. The van der Waals surface area contributed by atoms with Crippen LogP contribution in [0, 0.1) is 6.92 Å². The molecule has 1 aliphatic heterocycles. The van der Waals surface area contributed by atoms with Crippen LogP contribution in [0.1, 0.15) is 42.8 Å². The zero-order valence-electron chi connectivity index (χ0n) is 18.7. The van der Waals surface area contributed by atoms with E-state index in [4.69, 9.17) is 4.74 Å². The average molecular weight is 461 g/mol. The molecule has 176 valence electrons. The molecule has 1 fully saturated rings. The highest BCUT2D eigenvalue weighted by atomic mass is 19.4. The maximum absolute atomic E-state index is 13.2. The van der Waals surface area contributed by atoms with E-state index in [1.165, 1.54) is 10.6 Å². The van der Waals surface area contributed by atoms with Gasteiger partial charge in [0, 0.05) is 32.3 Å². The van der Waals surface area contributed by atoms with Crippen molar-refractivity contribution in [3.05, 3.63) is 57.6 Å². The van der Waals surface area contributed by atoms with Gasteiger partial charge in [-0.15, -0.1) is 0 Å². The molecule has 0 bridgehead atoms. The van der Waals surface area contributed by atoms with E-state index in [0.29, 0.717) is 47.1 Å². The molecule has 2 aromatic heterocycles. The first-order valence-corrected chi connectivity index (χ1v) is 10.8.